The van der Waals surface area contributed by atoms with Crippen molar-refractivity contribution in [3.05, 3.63) is 24.3 Å². The summed E-state index contributed by atoms with van der Waals surface area (Å²) in [4.78, 5) is 0. The van der Waals surface area contributed by atoms with E-state index < -0.39 is 0 Å². The van der Waals surface area contributed by atoms with Gasteiger partial charge < -0.3 is 5.73 Å². The first-order chi connectivity index (χ1) is 6.33. The van der Waals surface area contributed by atoms with Gasteiger partial charge in [-0.05, 0) is 32.1 Å². The van der Waals surface area contributed by atoms with Crippen molar-refractivity contribution < 1.29 is 0 Å². The van der Waals surface area contributed by atoms with Crippen molar-refractivity contribution in [1.82, 2.24) is 0 Å². The van der Waals surface area contributed by atoms with Gasteiger partial charge in [-0.2, -0.15) is 0 Å². The standard InChI is InChI=1S/C13H25N/c1-6-8-10-12(3,4)11-13(5,14)9-7-2/h7-10H,6,11,14H2,1-5H3/b9-7+,10-8+. The Morgan fingerprint density at radius 1 is 1.14 bits per heavy atom. The molecule has 0 saturated heterocycles. The van der Waals surface area contributed by atoms with Gasteiger partial charge >= 0.3 is 0 Å². The van der Waals surface area contributed by atoms with Crippen molar-refractivity contribution >= 4 is 0 Å². The van der Waals surface area contributed by atoms with E-state index in [1.54, 1.807) is 0 Å². The molecule has 0 aromatic rings. The minimum Gasteiger partial charge on any atom is -0.322 e. The van der Waals surface area contributed by atoms with Crippen LogP contribution >= 0.6 is 0 Å². The fourth-order valence-corrected chi connectivity index (χ4v) is 1.92. The topological polar surface area (TPSA) is 26.0 Å². The first kappa shape index (κ1) is 13.4. The Balaban J connectivity index is 4.41. The lowest BCUT2D eigenvalue weighted by Gasteiger charge is -2.30. The van der Waals surface area contributed by atoms with Gasteiger partial charge in [0.1, 0.15) is 0 Å². The molecule has 0 bridgehead atoms. The predicted molar refractivity (Wildman–Crippen MR) is 65.2 cm³/mol. The average Bonchev–Trinajstić information content (AvgIpc) is 1.98. The van der Waals surface area contributed by atoms with Crippen LogP contribution in [0.1, 0.15) is 47.5 Å². The van der Waals surface area contributed by atoms with Gasteiger partial charge in [-0.1, -0.05) is 45.1 Å². The third-order valence-corrected chi connectivity index (χ3v) is 2.19. The van der Waals surface area contributed by atoms with Gasteiger partial charge in [-0.25, -0.2) is 0 Å². The minimum atomic E-state index is -0.198. The van der Waals surface area contributed by atoms with Crippen LogP contribution in [0.4, 0.5) is 0 Å². The lowest BCUT2D eigenvalue weighted by Crippen LogP contribution is -2.38. The molecule has 0 fully saturated rings. The van der Waals surface area contributed by atoms with E-state index in [2.05, 4.69) is 45.9 Å². The van der Waals surface area contributed by atoms with Gasteiger partial charge in [0.2, 0.25) is 0 Å². The predicted octanol–water partition coefficient (Wildman–Crippen LogP) is 3.66. The third-order valence-electron chi connectivity index (χ3n) is 2.19. The molecule has 0 aliphatic heterocycles. The van der Waals surface area contributed by atoms with E-state index >= 15 is 0 Å². The van der Waals surface area contributed by atoms with Crippen molar-refractivity contribution in [2.75, 3.05) is 0 Å². The summed E-state index contributed by atoms with van der Waals surface area (Å²) in [6.45, 7) is 10.7. The Morgan fingerprint density at radius 2 is 1.71 bits per heavy atom. The van der Waals surface area contributed by atoms with Gasteiger partial charge in [-0.15, -0.1) is 0 Å². The zero-order valence-corrected chi connectivity index (χ0v) is 10.3. The molecular formula is C13H25N. The van der Waals surface area contributed by atoms with Gasteiger partial charge in [0.25, 0.3) is 0 Å². The van der Waals surface area contributed by atoms with E-state index in [0.29, 0.717) is 0 Å². The summed E-state index contributed by atoms with van der Waals surface area (Å²) in [6.07, 6.45) is 10.6. The molecule has 0 radical (unpaired) electrons. The summed E-state index contributed by atoms with van der Waals surface area (Å²) in [6, 6.07) is 0. The number of rotatable bonds is 5. The summed E-state index contributed by atoms with van der Waals surface area (Å²) >= 11 is 0. The zero-order valence-electron chi connectivity index (χ0n) is 10.3. The molecule has 1 nitrogen and oxygen atoms in total. The quantitative estimate of drug-likeness (QED) is 0.666. The minimum absolute atomic E-state index is 0.180. The van der Waals surface area contributed by atoms with E-state index in [1.165, 1.54) is 0 Å². The largest absolute Gasteiger partial charge is 0.322 e. The van der Waals surface area contributed by atoms with Gasteiger partial charge in [0.05, 0.1) is 0 Å². The summed E-state index contributed by atoms with van der Waals surface area (Å²) < 4.78 is 0. The highest BCUT2D eigenvalue weighted by Crippen LogP contribution is 2.28. The van der Waals surface area contributed by atoms with E-state index in [1.807, 2.05) is 13.0 Å². The summed E-state index contributed by atoms with van der Waals surface area (Å²) in [7, 11) is 0. The zero-order chi connectivity index (χ0) is 11.2. The highest BCUT2D eigenvalue weighted by atomic mass is 14.7. The Bertz CT molecular complexity index is 209. The second kappa shape index (κ2) is 5.35. The summed E-state index contributed by atoms with van der Waals surface area (Å²) in [5.74, 6) is 0. The Morgan fingerprint density at radius 3 is 2.14 bits per heavy atom. The summed E-state index contributed by atoms with van der Waals surface area (Å²) in [5, 5.41) is 0. The Kier molecular flexibility index (Phi) is 5.14. The Labute approximate surface area is 89.1 Å². The lowest BCUT2D eigenvalue weighted by atomic mass is 9.79. The SMILES string of the molecule is C/C=C/C(C)(N)CC(C)(C)/C=C/CC. The maximum atomic E-state index is 6.16. The first-order valence-electron chi connectivity index (χ1n) is 5.43. The molecule has 0 heterocycles. The van der Waals surface area contributed by atoms with E-state index in [0.717, 1.165) is 12.8 Å². The van der Waals surface area contributed by atoms with Crippen molar-refractivity contribution in [3.63, 3.8) is 0 Å². The molecule has 1 atom stereocenters. The van der Waals surface area contributed by atoms with Crippen LogP contribution in [-0.2, 0) is 0 Å². The van der Waals surface area contributed by atoms with Crippen LogP contribution in [0.2, 0.25) is 0 Å². The van der Waals surface area contributed by atoms with E-state index in [9.17, 15) is 0 Å². The normalized spacial score (nSPS) is 17.9. The smallest absolute Gasteiger partial charge is 0.0318 e. The van der Waals surface area contributed by atoms with Gasteiger partial charge in [0.15, 0.2) is 0 Å². The third kappa shape index (κ3) is 5.98. The molecular weight excluding hydrogens is 170 g/mol. The van der Waals surface area contributed by atoms with Crippen LogP contribution in [0.15, 0.2) is 24.3 Å². The van der Waals surface area contributed by atoms with Crippen LogP contribution in [-0.4, -0.2) is 5.54 Å². The molecule has 0 amide bonds. The molecule has 0 aliphatic rings. The molecule has 0 aliphatic carbocycles. The second-order valence-corrected chi connectivity index (χ2v) is 4.98. The van der Waals surface area contributed by atoms with Crippen LogP contribution < -0.4 is 5.73 Å². The molecule has 1 unspecified atom stereocenters. The molecule has 0 saturated carbocycles. The number of nitrogens with two attached hydrogens (primary N) is 1. The molecule has 1 heteroatoms. The molecule has 14 heavy (non-hydrogen) atoms. The maximum absolute atomic E-state index is 6.16. The highest BCUT2D eigenvalue weighted by molar-refractivity contribution is 5.07. The molecule has 0 spiro atoms. The average molecular weight is 195 g/mol. The van der Waals surface area contributed by atoms with Crippen LogP contribution in [0, 0.1) is 5.41 Å². The van der Waals surface area contributed by atoms with Crippen LogP contribution in [0.25, 0.3) is 0 Å². The summed E-state index contributed by atoms with van der Waals surface area (Å²) in [5.41, 5.74) is 6.15. The number of hydrogen-bond donors (Lipinski definition) is 1. The maximum Gasteiger partial charge on any atom is 0.0318 e. The molecule has 2 N–H and O–H groups in total. The van der Waals surface area contributed by atoms with Crippen molar-refractivity contribution in [2.45, 2.75) is 53.0 Å². The fourth-order valence-electron chi connectivity index (χ4n) is 1.92. The van der Waals surface area contributed by atoms with Gasteiger partial charge in [-0.3, -0.25) is 0 Å². The molecule has 0 aromatic heterocycles. The van der Waals surface area contributed by atoms with Crippen LogP contribution in [0.3, 0.4) is 0 Å². The van der Waals surface area contributed by atoms with E-state index in [-0.39, 0.29) is 11.0 Å². The van der Waals surface area contributed by atoms with E-state index in [4.69, 9.17) is 5.73 Å². The fraction of sp³-hybridized carbons (Fsp3) is 0.692. The van der Waals surface area contributed by atoms with Crippen molar-refractivity contribution in [3.8, 4) is 0 Å². The highest BCUT2D eigenvalue weighted by Gasteiger charge is 2.24. The molecule has 0 rings (SSSR count). The van der Waals surface area contributed by atoms with Crippen molar-refractivity contribution in [1.29, 1.82) is 0 Å². The number of allylic oxidation sites excluding steroid dienone is 3. The van der Waals surface area contributed by atoms with Crippen LogP contribution in [0.5, 0.6) is 0 Å². The Hall–Kier alpha value is -0.560. The van der Waals surface area contributed by atoms with Gasteiger partial charge in [0, 0.05) is 5.54 Å². The second-order valence-electron chi connectivity index (χ2n) is 4.98. The molecule has 82 valence electrons. The lowest BCUT2D eigenvalue weighted by molar-refractivity contribution is 0.348. The monoisotopic (exact) mass is 195 g/mol. The number of hydrogen-bond acceptors (Lipinski definition) is 1. The molecule has 0 aromatic carbocycles. The first-order valence-corrected chi connectivity index (χ1v) is 5.43. The van der Waals surface area contributed by atoms with Crippen molar-refractivity contribution in [2.24, 2.45) is 11.1 Å².